The molecule has 1 amide bonds. The lowest BCUT2D eigenvalue weighted by Gasteiger charge is -2.34. The molecule has 1 aliphatic rings. The van der Waals surface area contributed by atoms with E-state index < -0.39 is 18.0 Å². The summed E-state index contributed by atoms with van der Waals surface area (Å²) in [4.78, 5) is 28.8. The van der Waals surface area contributed by atoms with Crippen LogP contribution in [0.1, 0.15) is 34.2 Å². The summed E-state index contributed by atoms with van der Waals surface area (Å²) in [6.45, 7) is 2.69. The van der Waals surface area contributed by atoms with Crippen molar-refractivity contribution in [3.8, 4) is 0 Å². The van der Waals surface area contributed by atoms with Gasteiger partial charge < -0.3 is 15.1 Å². The van der Waals surface area contributed by atoms with Gasteiger partial charge in [0.25, 0.3) is 5.91 Å². The number of aliphatic hydroxyl groups is 1. The van der Waals surface area contributed by atoms with Gasteiger partial charge in [0, 0.05) is 19.3 Å². The summed E-state index contributed by atoms with van der Waals surface area (Å²) in [6.07, 6.45) is 1.50. The fourth-order valence-electron chi connectivity index (χ4n) is 2.22. The Hall–Kier alpha value is -1.95. The number of piperidine rings is 1. The van der Waals surface area contributed by atoms with Crippen molar-refractivity contribution in [2.24, 2.45) is 5.92 Å². The van der Waals surface area contributed by atoms with Gasteiger partial charge in [0.1, 0.15) is 5.69 Å². The van der Waals surface area contributed by atoms with E-state index in [4.69, 9.17) is 5.11 Å². The van der Waals surface area contributed by atoms with Gasteiger partial charge in [-0.25, -0.2) is 4.79 Å². The molecule has 0 aromatic carbocycles. The molecule has 2 rings (SSSR count). The van der Waals surface area contributed by atoms with Crippen LogP contribution in [0.2, 0.25) is 0 Å². The molecule has 6 heteroatoms. The molecule has 6 nitrogen and oxygen atoms in total. The van der Waals surface area contributed by atoms with Crippen LogP contribution in [0.15, 0.2) is 18.3 Å². The Bertz CT molecular complexity index is 503. The lowest BCUT2D eigenvalue weighted by atomic mass is 9.96. The number of carbonyl (C=O) groups excluding carboxylic acids is 1. The van der Waals surface area contributed by atoms with E-state index in [0.29, 0.717) is 19.5 Å². The number of hydrogen-bond acceptors (Lipinski definition) is 4. The van der Waals surface area contributed by atoms with Crippen molar-refractivity contribution >= 4 is 11.9 Å². The highest BCUT2D eigenvalue weighted by molar-refractivity contribution is 6.03. The molecule has 1 aliphatic heterocycles. The SMILES string of the molecule is CC1CN(C(=O)c2ncccc2C(=O)O)CCC1O. The molecule has 2 N–H and O–H groups in total. The molecule has 0 saturated carbocycles. The minimum atomic E-state index is -1.17. The predicted molar refractivity (Wildman–Crippen MR) is 66.9 cm³/mol. The molecule has 102 valence electrons. The number of aromatic carboxylic acids is 1. The van der Waals surface area contributed by atoms with Gasteiger partial charge >= 0.3 is 5.97 Å². The molecule has 1 aromatic rings. The highest BCUT2D eigenvalue weighted by Crippen LogP contribution is 2.19. The average molecular weight is 264 g/mol. The first kappa shape index (κ1) is 13.5. The van der Waals surface area contributed by atoms with Crippen molar-refractivity contribution in [3.05, 3.63) is 29.6 Å². The molecular weight excluding hydrogens is 248 g/mol. The summed E-state index contributed by atoms with van der Waals surface area (Å²) >= 11 is 0. The lowest BCUT2D eigenvalue weighted by molar-refractivity contribution is 0.0291. The Morgan fingerprint density at radius 1 is 1.47 bits per heavy atom. The molecular formula is C13H16N2O4. The molecule has 1 saturated heterocycles. The molecule has 0 spiro atoms. The first-order chi connectivity index (χ1) is 9.00. The van der Waals surface area contributed by atoms with Gasteiger partial charge in [-0.15, -0.1) is 0 Å². The van der Waals surface area contributed by atoms with Crippen LogP contribution in [0.3, 0.4) is 0 Å². The Morgan fingerprint density at radius 2 is 2.21 bits per heavy atom. The molecule has 2 unspecified atom stereocenters. The van der Waals surface area contributed by atoms with Crippen LogP contribution in [-0.4, -0.2) is 51.2 Å². The summed E-state index contributed by atoms with van der Waals surface area (Å²) in [6, 6.07) is 2.85. The highest BCUT2D eigenvalue weighted by atomic mass is 16.4. The number of rotatable bonds is 2. The Morgan fingerprint density at radius 3 is 2.84 bits per heavy atom. The van der Waals surface area contributed by atoms with Crippen LogP contribution in [0.4, 0.5) is 0 Å². The van der Waals surface area contributed by atoms with E-state index in [1.54, 1.807) is 4.90 Å². The van der Waals surface area contributed by atoms with Crippen molar-refractivity contribution < 1.29 is 19.8 Å². The van der Waals surface area contributed by atoms with Crippen molar-refractivity contribution in [1.29, 1.82) is 0 Å². The number of carboxylic acids is 1. The van der Waals surface area contributed by atoms with E-state index in [-0.39, 0.29) is 17.2 Å². The van der Waals surface area contributed by atoms with Gasteiger partial charge in [-0.3, -0.25) is 9.78 Å². The van der Waals surface area contributed by atoms with Crippen LogP contribution < -0.4 is 0 Å². The van der Waals surface area contributed by atoms with Crippen LogP contribution >= 0.6 is 0 Å². The zero-order valence-corrected chi connectivity index (χ0v) is 10.6. The van der Waals surface area contributed by atoms with Crippen molar-refractivity contribution in [2.45, 2.75) is 19.4 Å². The van der Waals surface area contributed by atoms with Gasteiger partial charge in [0.2, 0.25) is 0 Å². The molecule has 1 aromatic heterocycles. The normalized spacial score (nSPS) is 23.2. The second-order valence-electron chi connectivity index (χ2n) is 4.79. The quantitative estimate of drug-likeness (QED) is 0.817. The average Bonchev–Trinajstić information content (AvgIpc) is 2.41. The second kappa shape index (κ2) is 5.36. The maximum Gasteiger partial charge on any atom is 0.338 e. The number of amides is 1. The van der Waals surface area contributed by atoms with E-state index in [1.165, 1.54) is 18.3 Å². The number of carboxylic acid groups (broad SMARTS) is 1. The van der Waals surface area contributed by atoms with E-state index in [2.05, 4.69) is 4.98 Å². The smallest absolute Gasteiger partial charge is 0.338 e. The number of hydrogen-bond donors (Lipinski definition) is 2. The Labute approximate surface area is 110 Å². The fraction of sp³-hybridized carbons (Fsp3) is 0.462. The van der Waals surface area contributed by atoms with Crippen LogP contribution in [-0.2, 0) is 0 Å². The summed E-state index contributed by atoms with van der Waals surface area (Å²) < 4.78 is 0. The largest absolute Gasteiger partial charge is 0.478 e. The molecule has 2 atom stereocenters. The fourth-order valence-corrected chi connectivity index (χ4v) is 2.22. The predicted octanol–water partition coefficient (Wildman–Crippen LogP) is 0.623. The summed E-state index contributed by atoms with van der Waals surface area (Å²) in [5, 5.41) is 18.7. The first-order valence-electron chi connectivity index (χ1n) is 6.16. The van der Waals surface area contributed by atoms with Crippen LogP contribution in [0.5, 0.6) is 0 Å². The molecule has 2 heterocycles. The van der Waals surface area contributed by atoms with E-state index in [0.717, 1.165) is 0 Å². The maximum absolute atomic E-state index is 12.3. The summed E-state index contributed by atoms with van der Waals surface area (Å²) in [5.41, 5.74) is -0.134. The summed E-state index contributed by atoms with van der Waals surface area (Å²) in [5.74, 6) is -1.58. The maximum atomic E-state index is 12.3. The zero-order valence-electron chi connectivity index (χ0n) is 10.6. The van der Waals surface area contributed by atoms with Crippen molar-refractivity contribution in [1.82, 2.24) is 9.88 Å². The minimum Gasteiger partial charge on any atom is -0.478 e. The standard InChI is InChI=1S/C13H16N2O4/c1-8-7-15(6-4-10(8)16)12(17)11-9(13(18)19)3-2-5-14-11/h2-3,5,8,10,16H,4,6-7H2,1H3,(H,18,19). The molecule has 1 fully saturated rings. The second-order valence-corrected chi connectivity index (χ2v) is 4.79. The monoisotopic (exact) mass is 264 g/mol. The topological polar surface area (TPSA) is 90.7 Å². The Balaban J connectivity index is 2.23. The number of nitrogens with zero attached hydrogens (tertiary/aromatic N) is 2. The number of pyridine rings is 1. The van der Waals surface area contributed by atoms with E-state index >= 15 is 0 Å². The number of likely N-dealkylation sites (tertiary alicyclic amines) is 1. The molecule has 0 radical (unpaired) electrons. The molecule has 0 aliphatic carbocycles. The third kappa shape index (κ3) is 2.73. The van der Waals surface area contributed by atoms with Gasteiger partial charge in [-0.1, -0.05) is 6.92 Å². The third-order valence-corrected chi connectivity index (χ3v) is 3.39. The lowest BCUT2D eigenvalue weighted by Crippen LogP contribution is -2.45. The number of aromatic nitrogens is 1. The minimum absolute atomic E-state index is 0.0188. The number of aliphatic hydroxyl groups excluding tert-OH is 1. The van der Waals surface area contributed by atoms with Gasteiger partial charge in [0.15, 0.2) is 0 Å². The number of carbonyl (C=O) groups is 2. The van der Waals surface area contributed by atoms with Gasteiger partial charge in [-0.2, -0.15) is 0 Å². The first-order valence-corrected chi connectivity index (χ1v) is 6.16. The zero-order chi connectivity index (χ0) is 14.0. The van der Waals surface area contributed by atoms with E-state index in [1.807, 2.05) is 6.92 Å². The van der Waals surface area contributed by atoms with E-state index in [9.17, 15) is 14.7 Å². The highest BCUT2D eigenvalue weighted by Gasteiger charge is 2.30. The van der Waals surface area contributed by atoms with Crippen molar-refractivity contribution in [3.63, 3.8) is 0 Å². The van der Waals surface area contributed by atoms with Crippen LogP contribution in [0.25, 0.3) is 0 Å². The molecule has 0 bridgehead atoms. The Kier molecular flexibility index (Phi) is 3.80. The molecule has 19 heavy (non-hydrogen) atoms. The van der Waals surface area contributed by atoms with Crippen molar-refractivity contribution in [2.75, 3.05) is 13.1 Å². The summed E-state index contributed by atoms with van der Waals surface area (Å²) in [7, 11) is 0. The van der Waals surface area contributed by atoms with Gasteiger partial charge in [-0.05, 0) is 24.5 Å². The van der Waals surface area contributed by atoms with Gasteiger partial charge in [0.05, 0.1) is 11.7 Å². The van der Waals surface area contributed by atoms with Crippen LogP contribution in [0, 0.1) is 5.92 Å². The third-order valence-electron chi connectivity index (χ3n) is 3.39.